The number of anilines is 1. The number of rotatable bonds is 3. The van der Waals surface area contributed by atoms with Crippen LogP contribution in [0, 0.1) is 13.1 Å². The molecule has 4 heteroatoms. The van der Waals surface area contributed by atoms with Crippen molar-refractivity contribution in [3.8, 4) is 0 Å². The second kappa shape index (κ2) is 5.17. The highest BCUT2D eigenvalue weighted by Gasteiger charge is 2.18. The zero-order valence-corrected chi connectivity index (χ0v) is 10.1. The standard InChI is InChI=1S/C13H17N2O2/c1-10-8-14-9-11(7-12(16)17)13(10)15-5-3-2-4-6-15/h9H,2-7H2,1H3,(H,16,17). The van der Waals surface area contributed by atoms with Crippen molar-refractivity contribution in [2.24, 2.45) is 0 Å². The van der Waals surface area contributed by atoms with Crippen LogP contribution in [0.25, 0.3) is 0 Å². The lowest BCUT2D eigenvalue weighted by Crippen LogP contribution is -2.31. The van der Waals surface area contributed by atoms with Crippen LogP contribution in [-0.2, 0) is 11.2 Å². The summed E-state index contributed by atoms with van der Waals surface area (Å²) in [5, 5.41) is 8.92. The van der Waals surface area contributed by atoms with E-state index in [1.165, 1.54) is 19.3 Å². The molecule has 1 aliphatic rings. The van der Waals surface area contributed by atoms with Gasteiger partial charge in [-0.3, -0.25) is 9.78 Å². The summed E-state index contributed by atoms with van der Waals surface area (Å²) in [5.41, 5.74) is 2.78. The van der Waals surface area contributed by atoms with Gasteiger partial charge in [0.1, 0.15) is 0 Å². The minimum Gasteiger partial charge on any atom is -0.481 e. The normalized spacial score (nSPS) is 15.9. The fraction of sp³-hybridized carbons (Fsp3) is 0.538. The van der Waals surface area contributed by atoms with Gasteiger partial charge in [0.25, 0.3) is 0 Å². The minimum atomic E-state index is -0.810. The molecule has 1 N–H and O–H groups in total. The Morgan fingerprint density at radius 3 is 2.82 bits per heavy atom. The van der Waals surface area contributed by atoms with Crippen molar-refractivity contribution in [3.05, 3.63) is 23.5 Å². The first-order valence-corrected chi connectivity index (χ1v) is 6.01. The average molecular weight is 233 g/mol. The van der Waals surface area contributed by atoms with E-state index in [1.54, 1.807) is 6.20 Å². The van der Waals surface area contributed by atoms with Gasteiger partial charge in [-0.25, -0.2) is 0 Å². The number of carbonyl (C=O) groups is 1. The van der Waals surface area contributed by atoms with E-state index in [0.29, 0.717) is 0 Å². The van der Waals surface area contributed by atoms with Gasteiger partial charge >= 0.3 is 5.97 Å². The molecule has 0 aromatic carbocycles. The maximum Gasteiger partial charge on any atom is 0.307 e. The topological polar surface area (TPSA) is 53.4 Å². The average Bonchev–Trinajstić information content (AvgIpc) is 2.29. The Morgan fingerprint density at radius 2 is 2.18 bits per heavy atom. The van der Waals surface area contributed by atoms with Crippen LogP contribution in [0.1, 0.15) is 30.4 Å². The number of piperidine rings is 1. The van der Waals surface area contributed by atoms with Crippen LogP contribution < -0.4 is 4.90 Å². The van der Waals surface area contributed by atoms with Crippen LogP contribution in [0.5, 0.6) is 0 Å². The molecule has 0 bridgehead atoms. The quantitative estimate of drug-likeness (QED) is 0.865. The Hall–Kier alpha value is -1.58. The van der Waals surface area contributed by atoms with E-state index >= 15 is 0 Å². The summed E-state index contributed by atoms with van der Waals surface area (Å²) >= 11 is 0. The number of aryl methyl sites for hydroxylation is 1. The number of carboxylic acids is 1. The van der Waals surface area contributed by atoms with Gasteiger partial charge in [0.2, 0.25) is 0 Å². The van der Waals surface area contributed by atoms with E-state index in [0.717, 1.165) is 29.9 Å². The first-order chi connectivity index (χ1) is 8.18. The molecule has 0 saturated carbocycles. The molecule has 1 radical (unpaired) electrons. The van der Waals surface area contributed by atoms with Crippen LogP contribution in [-0.4, -0.2) is 29.1 Å². The molecular formula is C13H17N2O2. The van der Waals surface area contributed by atoms with Gasteiger partial charge in [0, 0.05) is 36.1 Å². The molecule has 0 amide bonds. The van der Waals surface area contributed by atoms with Crippen LogP contribution in [0.4, 0.5) is 5.69 Å². The first kappa shape index (κ1) is 11.9. The molecule has 17 heavy (non-hydrogen) atoms. The van der Waals surface area contributed by atoms with Gasteiger partial charge < -0.3 is 10.0 Å². The van der Waals surface area contributed by atoms with E-state index in [4.69, 9.17) is 5.11 Å². The zero-order chi connectivity index (χ0) is 12.3. The molecule has 2 rings (SSSR count). The Labute approximate surface area is 101 Å². The van der Waals surface area contributed by atoms with Crippen molar-refractivity contribution in [3.63, 3.8) is 0 Å². The molecule has 0 spiro atoms. The maximum absolute atomic E-state index is 10.9. The molecule has 1 saturated heterocycles. The number of carboxylic acid groups (broad SMARTS) is 1. The largest absolute Gasteiger partial charge is 0.481 e. The van der Waals surface area contributed by atoms with Gasteiger partial charge in [-0.1, -0.05) is 0 Å². The lowest BCUT2D eigenvalue weighted by atomic mass is 10.0. The number of hydrogen-bond acceptors (Lipinski definition) is 3. The number of aliphatic carboxylic acids is 1. The lowest BCUT2D eigenvalue weighted by molar-refractivity contribution is -0.136. The molecule has 1 aliphatic heterocycles. The Balaban J connectivity index is 2.31. The molecule has 1 fully saturated rings. The van der Waals surface area contributed by atoms with Crippen molar-refractivity contribution < 1.29 is 9.90 Å². The number of nitrogens with zero attached hydrogens (tertiary/aromatic N) is 2. The fourth-order valence-electron chi connectivity index (χ4n) is 2.41. The van der Waals surface area contributed by atoms with Gasteiger partial charge in [-0.05, 0) is 26.2 Å². The molecule has 4 nitrogen and oxygen atoms in total. The van der Waals surface area contributed by atoms with E-state index in [2.05, 4.69) is 16.1 Å². The van der Waals surface area contributed by atoms with Crippen LogP contribution in [0.2, 0.25) is 0 Å². The van der Waals surface area contributed by atoms with Gasteiger partial charge in [0.15, 0.2) is 0 Å². The molecule has 91 valence electrons. The van der Waals surface area contributed by atoms with Crippen molar-refractivity contribution in [1.29, 1.82) is 0 Å². The predicted octanol–water partition coefficient (Wildman–Crippen LogP) is 1.81. The summed E-state index contributed by atoms with van der Waals surface area (Å²) in [6.45, 7) is 3.96. The Morgan fingerprint density at radius 1 is 1.47 bits per heavy atom. The molecular weight excluding hydrogens is 216 g/mol. The Kier molecular flexibility index (Phi) is 3.61. The van der Waals surface area contributed by atoms with Crippen molar-refractivity contribution in [2.75, 3.05) is 18.0 Å². The number of hydrogen-bond donors (Lipinski definition) is 1. The summed E-state index contributed by atoms with van der Waals surface area (Å²) in [6.07, 6.45) is 8.20. The second-order valence-electron chi connectivity index (χ2n) is 4.49. The Bertz CT molecular complexity index is 412. The van der Waals surface area contributed by atoms with Crippen molar-refractivity contribution >= 4 is 11.7 Å². The molecule has 2 heterocycles. The first-order valence-electron chi connectivity index (χ1n) is 6.01. The highest BCUT2D eigenvalue weighted by molar-refractivity contribution is 5.74. The van der Waals surface area contributed by atoms with E-state index < -0.39 is 5.97 Å². The summed E-state index contributed by atoms with van der Waals surface area (Å²) in [5.74, 6) is -0.810. The van der Waals surface area contributed by atoms with E-state index in [9.17, 15) is 4.79 Å². The van der Waals surface area contributed by atoms with Crippen LogP contribution >= 0.6 is 0 Å². The SMILES string of the molecule is Cc1[c]ncc(CC(=O)O)c1N1CCCCC1. The minimum absolute atomic E-state index is 0.0361. The van der Waals surface area contributed by atoms with Gasteiger partial charge in [-0.2, -0.15) is 0 Å². The summed E-state index contributed by atoms with van der Waals surface area (Å²) in [7, 11) is 0. The summed E-state index contributed by atoms with van der Waals surface area (Å²) in [6, 6.07) is 0. The van der Waals surface area contributed by atoms with E-state index in [1.807, 2.05) is 6.92 Å². The van der Waals surface area contributed by atoms with Crippen molar-refractivity contribution in [2.45, 2.75) is 32.6 Å². The van der Waals surface area contributed by atoms with Crippen LogP contribution in [0.15, 0.2) is 6.20 Å². The summed E-state index contributed by atoms with van der Waals surface area (Å²) < 4.78 is 0. The molecule has 0 unspecified atom stereocenters. The lowest BCUT2D eigenvalue weighted by Gasteiger charge is -2.31. The molecule has 1 aromatic heterocycles. The fourth-order valence-corrected chi connectivity index (χ4v) is 2.41. The van der Waals surface area contributed by atoms with Gasteiger partial charge in [0.05, 0.1) is 12.6 Å². The van der Waals surface area contributed by atoms with Crippen molar-refractivity contribution in [1.82, 2.24) is 4.98 Å². The predicted molar refractivity (Wildman–Crippen MR) is 65.2 cm³/mol. The highest BCUT2D eigenvalue weighted by Crippen LogP contribution is 2.27. The smallest absolute Gasteiger partial charge is 0.307 e. The summed E-state index contributed by atoms with van der Waals surface area (Å²) in [4.78, 5) is 17.1. The van der Waals surface area contributed by atoms with E-state index in [-0.39, 0.29) is 6.42 Å². The zero-order valence-electron chi connectivity index (χ0n) is 10.1. The molecule has 1 aromatic rings. The highest BCUT2D eigenvalue weighted by atomic mass is 16.4. The third-order valence-electron chi connectivity index (χ3n) is 3.13. The number of aromatic nitrogens is 1. The molecule has 0 atom stereocenters. The third kappa shape index (κ3) is 2.75. The number of pyridine rings is 1. The second-order valence-corrected chi connectivity index (χ2v) is 4.49. The molecule has 0 aliphatic carbocycles. The monoisotopic (exact) mass is 233 g/mol. The van der Waals surface area contributed by atoms with Crippen LogP contribution in [0.3, 0.4) is 0 Å². The van der Waals surface area contributed by atoms with Gasteiger partial charge in [-0.15, -0.1) is 0 Å². The maximum atomic E-state index is 10.9. The third-order valence-corrected chi connectivity index (χ3v) is 3.13.